The Morgan fingerprint density at radius 3 is 2.29 bits per heavy atom. The number of cyclic esters (lactones) is 1. The molecule has 1 aromatic carbocycles. The standard InChI is InChI=1S/C49H82N6O13/c1-15-37-49(10,61)41(57)32(6)54(13)25-28(2)22-47(8,60)42(67-45-39(56)36(53(11)12)21-29(3)63-45)30(4)40(31(5)44(58)65-37)66-38-23-48(9,62-14)43(33(7)64-38)68-46(59)50-24-35-27-55(52-51-35)26-34-19-17-16-18-20-34/h16-20,27-33,36-43,45,56-57,60-61H,15,21-26H2,1-14H3,(H,50,59)/t28-,29-,30+,31-,32-,33+,36+,37-,38+,39-,40+,41-,42-,43+,45+,47-,48-,49-/m1/s1. The second-order valence-corrected chi connectivity index (χ2v) is 20.8. The molecule has 0 saturated carbocycles. The van der Waals surface area contributed by atoms with Gasteiger partial charge in [0, 0.05) is 38.1 Å². The summed E-state index contributed by atoms with van der Waals surface area (Å²) < 4.78 is 46.3. The number of carbonyl (C=O) groups is 2. The largest absolute Gasteiger partial charge is 0.459 e. The first-order valence-electron chi connectivity index (χ1n) is 24.2. The fourth-order valence-corrected chi connectivity index (χ4v) is 10.5. The molecule has 1 aromatic heterocycles. The van der Waals surface area contributed by atoms with E-state index >= 15 is 0 Å². The van der Waals surface area contributed by atoms with Crippen molar-refractivity contribution in [2.75, 3.05) is 34.8 Å². The topological polar surface area (TPSA) is 229 Å². The Kier molecular flexibility index (Phi) is 19.0. The summed E-state index contributed by atoms with van der Waals surface area (Å²) in [6, 6.07) is 8.93. The minimum atomic E-state index is -1.85. The van der Waals surface area contributed by atoms with Gasteiger partial charge in [0.05, 0.1) is 55.2 Å². The summed E-state index contributed by atoms with van der Waals surface area (Å²) in [4.78, 5) is 31.7. The van der Waals surface area contributed by atoms with Crippen LogP contribution in [-0.2, 0) is 51.0 Å². The number of nitrogens with one attached hydrogen (secondary N) is 1. The lowest BCUT2D eigenvalue weighted by Gasteiger charge is -2.49. The Labute approximate surface area is 403 Å². The molecule has 3 aliphatic rings. The number of aromatic nitrogens is 3. The molecule has 19 heteroatoms. The molecule has 0 radical (unpaired) electrons. The number of hydrogen-bond donors (Lipinski definition) is 5. The van der Waals surface area contributed by atoms with Gasteiger partial charge in [-0.25, -0.2) is 9.48 Å². The molecule has 3 aliphatic heterocycles. The van der Waals surface area contributed by atoms with Crippen LogP contribution in [0.5, 0.6) is 0 Å². The van der Waals surface area contributed by atoms with Gasteiger partial charge in [0.25, 0.3) is 0 Å². The number of likely N-dealkylation sites (N-methyl/N-ethyl adjacent to an activating group) is 2. The summed E-state index contributed by atoms with van der Waals surface area (Å²) in [5.41, 5.74) is -3.04. The number of aliphatic hydroxyl groups excluding tert-OH is 2. The second-order valence-electron chi connectivity index (χ2n) is 20.8. The van der Waals surface area contributed by atoms with Crippen molar-refractivity contribution in [2.24, 2.45) is 17.8 Å². The lowest BCUT2D eigenvalue weighted by Crippen LogP contribution is -2.61. The van der Waals surface area contributed by atoms with Crippen LogP contribution < -0.4 is 5.32 Å². The van der Waals surface area contributed by atoms with Gasteiger partial charge in [-0.1, -0.05) is 56.3 Å². The SMILES string of the molecule is CC[C@H]1OC(=O)[C@H](C)[C@@H](O[C@H]2C[C@@](C)(OC)[C@@H](OC(=O)NCc3cn(Cc4ccccc4)nn3)[C@H](C)O2)[C@H](C)[C@@H](O[C@@H]2O[C@H](C)C[C@H](N(C)C)[C@H]2O)[C@](C)(O)C[C@@H](C)CN(C)[C@H](C)[C@@H](O)[C@]1(C)O. The van der Waals surface area contributed by atoms with Gasteiger partial charge >= 0.3 is 12.1 Å². The van der Waals surface area contributed by atoms with E-state index in [4.69, 9.17) is 33.2 Å². The lowest BCUT2D eigenvalue weighted by molar-refractivity contribution is -0.317. The minimum absolute atomic E-state index is 0.0404. The van der Waals surface area contributed by atoms with Crippen LogP contribution in [0.2, 0.25) is 0 Å². The van der Waals surface area contributed by atoms with Gasteiger partial charge in [-0.05, 0) is 100 Å². The highest BCUT2D eigenvalue weighted by molar-refractivity contribution is 5.73. The third-order valence-electron chi connectivity index (χ3n) is 14.6. The Hall–Kier alpha value is -3.34. The lowest BCUT2D eigenvalue weighted by atomic mass is 9.77. The number of methoxy groups -OCH3 is 1. The number of esters is 1. The van der Waals surface area contributed by atoms with Crippen LogP contribution >= 0.6 is 0 Å². The second kappa shape index (κ2) is 23.3. The number of carbonyl (C=O) groups excluding carboxylic acids is 2. The fourth-order valence-electron chi connectivity index (χ4n) is 10.5. The van der Waals surface area contributed by atoms with E-state index in [1.807, 2.05) is 82.0 Å². The molecule has 386 valence electrons. The number of ether oxygens (including phenoxy) is 7. The fraction of sp³-hybridized carbons (Fsp3) is 0.796. The Morgan fingerprint density at radius 1 is 0.985 bits per heavy atom. The van der Waals surface area contributed by atoms with Crippen LogP contribution in [0, 0.1) is 17.8 Å². The van der Waals surface area contributed by atoms with Gasteiger partial charge in [-0.15, -0.1) is 5.10 Å². The van der Waals surface area contributed by atoms with Crippen molar-refractivity contribution in [2.45, 2.75) is 198 Å². The van der Waals surface area contributed by atoms with Gasteiger partial charge in [0.15, 0.2) is 18.7 Å². The van der Waals surface area contributed by atoms with Gasteiger partial charge < -0.3 is 68.7 Å². The predicted molar refractivity (Wildman–Crippen MR) is 251 cm³/mol. The molecule has 4 heterocycles. The summed E-state index contributed by atoms with van der Waals surface area (Å²) in [5.74, 6) is -2.82. The molecule has 3 saturated heterocycles. The van der Waals surface area contributed by atoms with Crippen LogP contribution in [0.25, 0.3) is 0 Å². The first-order chi connectivity index (χ1) is 31.8. The van der Waals surface area contributed by atoms with Crippen molar-refractivity contribution in [3.05, 3.63) is 47.8 Å². The first kappa shape index (κ1) is 55.6. The molecule has 3 fully saturated rings. The first-order valence-corrected chi connectivity index (χ1v) is 24.2. The van der Waals surface area contributed by atoms with Crippen molar-refractivity contribution in [1.29, 1.82) is 0 Å². The van der Waals surface area contributed by atoms with E-state index < -0.39 is 102 Å². The average Bonchev–Trinajstić information content (AvgIpc) is 3.73. The van der Waals surface area contributed by atoms with E-state index in [1.165, 1.54) is 14.0 Å². The molecule has 0 aliphatic carbocycles. The number of benzene rings is 1. The Bertz CT molecular complexity index is 1910. The quantitative estimate of drug-likeness (QED) is 0.192. The van der Waals surface area contributed by atoms with E-state index in [-0.39, 0.29) is 43.9 Å². The molecular weight excluding hydrogens is 881 g/mol. The number of hydrogen-bond acceptors (Lipinski definition) is 17. The summed E-state index contributed by atoms with van der Waals surface area (Å²) >= 11 is 0. The van der Waals surface area contributed by atoms with Crippen LogP contribution in [0.15, 0.2) is 36.5 Å². The summed E-state index contributed by atoms with van der Waals surface area (Å²) in [6.45, 7) is 18.6. The van der Waals surface area contributed by atoms with Crippen molar-refractivity contribution in [1.82, 2.24) is 30.1 Å². The molecule has 5 N–H and O–H groups in total. The van der Waals surface area contributed by atoms with Crippen molar-refractivity contribution in [3.8, 4) is 0 Å². The van der Waals surface area contributed by atoms with Crippen LogP contribution in [0.1, 0.15) is 106 Å². The van der Waals surface area contributed by atoms with Crippen molar-refractivity contribution >= 4 is 12.1 Å². The molecular formula is C49H82N6O13. The van der Waals surface area contributed by atoms with Gasteiger partial charge in [0.2, 0.25) is 0 Å². The molecule has 18 atom stereocenters. The summed E-state index contributed by atoms with van der Waals surface area (Å²) in [6.07, 6.45) is -7.95. The van der Waals surface area contributed by atoms with Crippen molar-refractivity contribution in [3.63, 3.8) is 0 Å². The summed E-state index contributed by atoms with van der Waals surface area (Å²) in [5, 5.41) is 59.1. The number of alkyl carbamates (subject to hydrolysis) is 1. The van der Waals surface area contributed by atoms with E-state index in [0.29, 0.717) is 25.2 Å². The predicted octanol–water partition coefficient (Wildman–Crippen LogP) is 3.47. The monoisotopic (exact) mass is 963 g/mol. The molecule has 0 bridgehead atoms. The highest BCUT2D eigenvalue weighted by Crippen LogP contribution is 2.41. The molecule has 0 spiro atoms. The van der Waals surface area contributed by atoms with Crippen LogP contribution in [0.4, 0.5) is 4.79 Å². The molecule has 1 amide bonds. The Balaban J connectivity index is 1.44. The average molecular weight is 963 g/mol. The third kappa shape index (κ3) is 13.3. The van der Waals surface area contributed by atoms with Crippen molar-refractivity contribution < 1.29 is 63.2 Å². The van der Waals surface area contributed by atoms with Crippen LogP contribution in [0.3, 0.4) is 0 Å². The zero-order valence-corrected chi connectivity index (χ0v) is 42.8. The van der Waals surface area contributed by atoms with Crippen LogP contribution in [-0.4, -0.2) is 182 Å². The smallest absolute Gasteiger partial charge is 0.407 e. The zero-order valence-electron chi connectivity index (χ0n) is 42.8. The number of amides is 1. The normalized spacial score (nSPS) is 40.5. The summed E-state index contributed by atoms with van der Waals surface area (Å²) in [7, 11) is 7.09. The zero-order chi connectivity index (χ0) is 50.5. The maximum absolute atomic E-state index is 14.5. The van der Waals surface area contributed by atoms with E-state index in [1.54, 1.807) is 52.4 Å². The van der Waals surface area contributed by atoms with E-state index in [9.17, 15) is 30.0 Å². The maximum atomic E-state index is 14.5. The van der Waals surface area contributed by atoms with Gasteiger partial charge in [-0.3, -0.25) is 4.79 Å². The van der Waals surface area contributed by atoms with Gasteiger partial charge in [0.1, 0.15) is 35.2 Å². The number of nitrogens with zero attached hydrogens (tertiary/aromatic N) is 5. The Morgan fingerprint density at radius 2 is 1.66 bits per heavy atom. The molecule has 68 heavy (non-hydrogen) atoms. The molecule has 0 unspecified atom stereocenters. The highest BCUT2D eigenvalue weighted by Gasteiger charge is 2.54. The number of aliphatic hydroxyl groups is 4. The third-order valence-corrected chi connectivity index (χ3v) is 14.6. The number of rotatable bonds is 12. The molecule has 5 rings (SSSR count). The van der Waals surface area contributed by atoms with Gasteiger partial charge in [-0.2, -0.15) is 0 Å². The molecule has 2 aromatic rings. The van der Waals surface area contributed by atoms with E-state index in [0.717, 1.165) is 5.56 Å². The molecule has 19 nitrogen and oxygen atoms in total. The maximum Gasteiger partial charge on any atom is 0.407 e. The van der Waals surface area contributed by atoms with E-state index in [2.05, 4.69) is 15.6 Å². The minimum Gasteiger partial charge on any atom is -0.459 e. The highest BCUT2D eigenvalue weighted by atomic mass is 16.7.